The maximum atomic E-state index is 15.5. The first kappa shape index (κ1) is 24.5. The molecule has 0 spiro atoms. The molecule has 2 aliphatic rings. The molecule has 2 fully saturated rings. The van der Waals surface area contributed by atoms with Crippen LogP contribution < -0.4 is 15.1 Å². The summed E-state index contributed by atoms with van der Waals surface area (Å²) in [6.45, 7) is 8.57. The van der Waals surface area contributed by atoms with Crippen molar-refractivity contribution >= 4 is 22.6 Å². The van der Waals surface area contributed by atoms with Gasteiger partial charge in [-0.3, -0.25) is 9.69 Å². The van der Waals surface area contributed by atoms with Crippen molar-refractivity contribution in [2.45, 2.75) is 58.4 Å². The largest absolute Gasteiger partial charge is 0.492 e. The van der Waals surface area contributed by atoms with E-state index in [9.17, 15) is 14.7 Å². The molecule has 7 nitrogen and oxygen atoms in total. The zero-order chi connectivity index (χ0) is 24.4. The fraction of sp³-hybridized carbons (Fsp3) is 0.615. The van der Waals surface area contributed by atoms with E-state index in [1.54, 1.807) is 4.57 Å². The summed E-state index contributed by atoms with van der Waals surface area (Å²) < 4.78 is 23.0. The van der Waals surface area contributed by atoms with Crippen molar-refractivity contribution in [1.82, 2.24) is 9.47 Å². The molecule has 1 aliphatic carbocycles. The summed E-state index contributed by atoms with van der Waals surface area (Å²) in [5.74, 6) is -0.840. The van der Waals surface area contributed by atoms with Crippen LogP contribution in [0.25, 0.3) is 10.9 Å². The molecular weight excluding hydrogens is 437 g/mol. The highest BCUT2D eigenvalue weighted by atomic mass is 19.1. The number of aromatic nitrogens is 1. The third-order valence-electron chi connectivity index (χ3n) is 7.32. The van der Waals surface area contributed by atoms with Crippen LogP contribution in [0.15, 0.2) is 17.1 Å². The minimum atomic E-state index is -1.30. The third-order valence-corrected chi connectivity index (χ3v) is 7.32. The molecule has 4 rings (SSSR count). The van der Waals surface area contributed by atoms with Crippen molar-refractivity contribution in [2.75, 3.05) is 44.7 Å². The lowest BCUT2D eigenvalue weighted by Crippen LogP contribution is -2.48. The summed E-state index contributed by atoms with van der Waals surface area (Å²) in [7, 11) is 1.49. The maximum absolute atomic E-state index is 15.5. The molecule has 1 saturated carbocycles. The highest BCUT2D eigenvalue weighted by Gasteiger charge is 2.32. The summed E-state index contributed by atoms with van der Waals surface area (Å²) in [4.78, 5) is 29.0. The number of ether oxygens (including phenoxy) is 1. The van der Waals surface area contributed by atoms with Crippen LogP contribution in [-0.4, -0.2) is 60.4 Å². The number of unbranched alkanes of at least 4 members (excludes halogenated alkanes) is 1. The number of rotatable bonds is 10. The summed E-state index contributed by atoms with van der Waals surface area (Å²) in [6.07, 6.45) is 8.07. The van der Waals surface area contributed by atoms with E-state index in [0.29, 0.717) is 36.0 Å². The molecular formula is C26H36FN3O4. The molecule has 1 saturated heterocycles. The summed E-state index contributed by atoms with van der Waals surface area (Å²) in [6, 6.07) is 1.30. The number of anilines is 1. The van der Waals surface area contributed by atoms with Gasteiger partial charge in [0, 0.05) is 45.0 Å². The molecule has 1 aromatic carbocycles. The van der Waals surface area contributed by atoms with Gasteiger partial charge in [0.15, 0.2) is 11.6 Å². The van der Waals surface area contributed by atoms with Crippen LogP contribution in [0.3, 0.4) is 0 Å². The van der Waals surface area contributed by atoms with Gasteiger partial charge in [-0.15, -0.1) is 0 Å². The van der Waals surface area contributed by atoms with E-state index in [4.69, 9.17) is 4.74 Å². The highest BCUT2D eigenvalue weighted by molar-refractivity contribution is 5.97. The fourth-order valence-corrected chi connectivity index (χ4v) is 5.16. The minimum absolute atomic E-state index is 0.0604. The van der Waals surface area contributed by atoms with E-state index in [2.05, 4.69) is 18.7 Å². The number of hydrogen-bond acceptors (Lipinski definition) is 5. The molecule has 1 aromatic heterocycles. The van der Waals surface area contributed by atoms with Crippen LogP contribution in [0, 0.1) is 11.7 Å². The summed E-state index contributed by atoms with van der Waals surface area (Å²) in [5, 5.41) is 9.57. The Labute approximate surface area is 200 Å². The Balaban J connectivity index is 1.66. The quantitative estimate of drug-likeness (QED) is 0.547. The number of fused-ring (bicyclic) bond motifs is 1. The number of pyridine rings is 1. The molecule has 0 bridgehead atoms. The first-order valence-electron chi connectivity index (χ1n) is 12.5. The Morgan fingerprint density at radius 2 is 1.94 bits per heavy atom. The number of methoxy groups -OCH3 is 1. The van der Waals surface area contributed by atoms with Crippen LogP contribution in [-0.2, 0) is 0 Å². The second-order valence-corrected chi connectivity index (χ2v) is 9.66. The van der Waals surface area contributed by atoms with E-state index in [0.717, 1.165) is 32.5 Å². The number of carbonyl (C=O) groups is 1. The van der Waals surface area contributed by atoms with E-state index in [1.165, 1.54) is 45.1 Å². The van der Waals surface area contributed by atoms with Crippen molar-refractivity contribution in [2.24, 2.45) is 5.92 Å². The predicted molar refractivity (Wildman–Crippen MR) is 132 cm³/mol. The van der Waals surface area contributed by atoms with E-state index in [-0.39, 0.29) is 17.0 Å². The van der Waals surface area contributed by atoms with Gasteiger partial charge in [-0.1, -0.05) is 33.1 Å². The molecule has 1 atom stereocenters. The first-order chi connectivity index (χ1) is 16.4. The van der Waals surface area contributed by atoms with E-state index in [1.807, 2.05) is 4.90 Å². The van der Waals surface area contributed by atoms with Gasteiger partial charge in [0.05, 0.1) is 18.0 Å². The number of nitrogens with zero attached hydrogens (tertiary/aromatic N) is 3. The lowest BCUT2D eigenvalue weighted by Gasteiger charge is -2.38. The van der Waals surface area contributed by atoms with Crippen molar-refractivity contribution in [3.8, 4) is 5.75 Å². The average molecular weight is 474 g/mol. The predicted octanol–water partition coefficient (Wildman–Crippen LogP) is 4.52. The van der Waals surface area contributed by atoms with E-state index >= 15 is 4.39 Å². The number of piperazine rings is 1. The van der Waals surface area contributed by atoms with Crippen molar-refractivity contribution in [3.05, 3.63) is 33.9 Å². The molecule has 34 heavy (non-hydrogen) atoms. The molecule has 186 valence electrons. The molecule has 8 heteroatoms. The number of hydrogen-bond donors (Lipinski definition) is 1. The number of aromatic carboxylic acids is 1. The second-order valence-electron chi connectivity index (χ2n) is 9.66. The topological polar surface area (TPSA) is 75.0 Å². The van der Waals surface area contributed by atoms with Crippen LogP contribution >= 0.6 is 0 Å². The molecule has 2 aromatic rings. The summed E-state index contributed by atoms with van der Waals surface area (Å²) in [5.41, 5.74) is -0.157. The number of carboxylic acid groups (broad SMARTS) is 1. The second kappa shape index (κ2) is 10.3. The van der Waals surface area contributed by atoms with Crippen molar-refractivity contribution < 1.29 is 19.0 Å². The number of benzene rings is 1. The van der Waals surface area contributed by atoms with Gasteiger partial charge in [0.2, 0.25) is 5.43 Å². The zero-order valence-electron chi connectivity index (χ0n) is 20.5. The third kappa shape index (κ3) is 4.78. The Kier molecular flexibility index (Phi) is 7.45. The SMILES string of the molecule is CCCCC(CC)CN1CCN(c2c(F)cc3c(=O)c(C(=O)O)cn(C4CC4)c3c2OC)CC1. The minimum Gasteiger partial charge on any atom is -0.492 e. The Morgan fingerprint density at radius 1 is 1.24 bits per heavy atom. The highest BCUT2D eigenvalue weighted by Crippen LogP contribution is 2.43. The molecule has 2 heterocycles. The molecule has 0 amide bonds. The van der Waals surface area contributed by atoms with Crippen LogP contribution in [0.1, 0.15) is 68.8 Å². The van der Waals surface area contributed by atoms with Gasteiger partial charge in [-0.2, -0.15) is 0 Å². The first-order valence-corrected chi connectivity index (χ1v) is 12.5. The monoisotopic (exact) mass is 473 g/mol. The van der Waals surface area contributed by atoms with Gasteiger partial charge in [-0.05, 0) is 31.2 Å². The molecule has 0 radical (unpaired) electrons. The Morgan fingerprint density at radius 3 is 2.50 bits per heavy atom. The van der Waals surface area contributed by atoms with Gasteiger partial charge in [0.25, 0.3) is 0 Å². The van der Waals surface area contributed by atoms with Gasteiger partial charge < -0.3 is 19.3 Å². The molecule has 1 N–H and O–H groups in total. The van der Waals surface area contributed by atoms with Crippen molar-refractivity contribution in [1.29, 1.82) is 0 Å². The fourth-order valence-electron chi connectivity index (χ4n) is 5.16. The Hall–Kier alpha value is -2.61. The van der Waals surface area contributed by atoms with E-state index < -0.39 is 17.2 Å². The van der Waals surface area contributed by atoms with Crippen LogP contribution in [0.4, 0.5) is 10.1 Å². The maximum Gasteiger partial charge on any atom is 0.341 e. The van der Waals surface area contributed by atoms with Crippen molar-refractivity contribution in [3.63, 3.8) is 0 Å². The lowest BCUT2D eigenvalue weighted by atomic mass is 9.98. The Bertz CT molecular complexity index is 1100. The van der Waals surface area contributed by atoms with Crippen LogP contribution in [0.5, 0.6) is 5.75 Å². The van der Waals surface area contributed by atoms with Crippen LogP contribution in [0.2, 0.25) is 0 Å². The molecule has 1 aliphatic heterocycles. The average Bonchev–Trinajstić information content (AvgIpc) is 3.67. The standard InChI is InChI=1S/C26H36FN3O4/c1-4-6-7-17(5-2)15-28-10-12-29(13-11-28)23-21(27)14-19-22(25(23)34-3)30(18-8-9-18)16-20(24(19)31)26(32)33/h14,16-18H,4-13,15H2,1-3H3,(H,32,33). The van der Waals surface area contributed by atoms with Gasteiger partial charge in [-0.25, -0.2) is 9.18 Å². The number of carboxylic acids is 1. The van der Waals surface area contributed by atoms with Gasteiger partial charge in [0.1, 0.15) is 11.3 Å². The normalized spacial score (nSPS) is 17.8. The summed E-state index contributed by atoms with van der Waals surface area (Å²) >= 11 is 0. The van der Waals surface area contributed by atoms with Gasteiger partial charge >= 0.3 is 5.97 Å². The lowest BCUT2D eigenvalue weighted by molar-refractivity contribution is 0.0695. The zero-order valence-corrected chi connectivity index (χ0v) is 20.5. The number of halogens is 1. The smallest absolute Gasteiger partial charge is 0.341 e. The molecule has 1 unspecified atom stereocenters.